The Hall–Kier alpha value is -2.27. The second kappa shape index (κ2) is 10.6. The Bertz CT molecular complexity index is 1430. The summed E-state index contributed by atoms with van der Waals surface area (Å²) in [4.78, 5) is 15.1. The van der Waals surface area contributed by atoms with Crippen LogP contribution in [0.15, 0.2) is 72.6 Å². The van der Waals surface area contributed by atoms with E-state index in [0.29, 0.717) is 0 Å². The predicted molar refractivity (Wildman–Crippen MR) is 118 cm³/mol. The number of anilines is 1. The van der Waals surface area contributed by atoms with Gasteiger partial charge in [-0.1, -0.05) is 6.07 Å². The number of aliphatic imine (C=N–C) groups is 1. The molecule has 3 rings (SSSR count). The summed E-state index contributed by atoms with van der Waals surface area (Å²) in [7, 11) is -9.54. The Kier molecular flexibility index (Phi) is 8.68. The first-order valence-corrected chi connectivity index (χ1v) is 11.8. The summed E-state index contributed by atoms with van der Waals surface area (Å²) in [5.41, 5.74) is -0.208. The summed E-state index contributed by atoms with van der Waals surface area (Å²) in [6.45, 7) is 2.59. The molecule has 1 heterocycles. The van der Waals surface area contributed by atoms with Gasteiger partial charge >= 0.3 is 37.7 Å². The predicted octanol–water partition coefficient (Wildman–Crippen LogP) is 0.742. The van der Waals surface area contributed by atoms with Crippen molar-refractivity contribution in [3.8, 4) is 0 Å². The van der Waals surface area contributed by atoms with Gasteiger partial charge in [0.1, 0.15) is 20.7 Å². The van der Waals surface area contributed by atoms with Crippen molar-refractivity contribution < 1.29 is 35.8 Å². The molecule has 0 radical (unpaired) electrons. The number of nitrogens with zero attached hydrogens (tertiary/aromatic N) is 5. The molecule has 2 aromatic rings. The van der Waals surface area contributed by atoms with Crippen LogP contribution in [-0.4, -0.2) is 87.2 Å². The summed E-state index contributed by atoms with van der Waals surface area (Å²) in [6, 6.07) is 6.71. The Morgan fingerprint density at radius 3 is 2.41 bits per heavy atom. The van der Waals surface area contributed by atoms with Crippen LogP contribution in [0.3, 0.4) is 0 Å². The minimum Gasteiger partial charge on any atom is -0.862 e. The molecule has 0 aliphatic carbocycles. The van der Waals surface area contributed by atoms with E-state index in [1.54, 1.807) is 0 Å². The first-order valence-electron chi connectivity index (χ1n) is 8.97. The maximum Gasteiger partial charge on any atom is 2.00 e. The van der Waals surface area contributed by atoms with Crippen LogP contribution in [0.1, 0.15) is 13.8 Å². The van der Waals surface area contributed by atoms with Crippen molar-refractivity contribution in [1.29, 1.82) is 0 Å². The Morgan fingerprint density at radius 1 is 1.15 bits per heavy atom. The molecule has 0 aromatic heterocycles. The number of hydrogen-bond donors (Lipinski definition) is 1. The van der Waals surface area contributed by atoms with Gasteiger partial charge < -0.3 is 9.66 Å². The minimum absolute atomic E-state index is 0. The van der Waals surface area contributed by atoms with Gasteiger partial charge in [0.25, 0.3) is 16.0 Å². The van der Waals surface area contributed by atoms with Crippen molar-refractivity contribution in [2.45, 2.75) is 29.7 Å². The number of hydrogen-bond acceptors (Lipinski definition) is 11. The molecule has 1 atom stereocenters. The topological polar surface area (TPSA) is 204 Å². The maximum absolute atomic E-state index is 12.8. The molecule has 174 valence electrons. The molecular formula is C18H15CaN5O8S2. The standard InChI is InChI=1S/C18H17N5O8S2.Ca/c1-10-17(18(25)23(22-10)13-4-3-5-14(9-13)32(26,27)28)21-20-15-7-6-12(19-11(2)24)8-16(15)33(29,30)31;/h3-9,17H,1-2H3,(H,19,24)(H,26,27,28)(H,29,30,31);/q;+2/p-2. The zero-order valence-electron chi connectivity index (χ0n) is 17.7. The third-order valence-corrected chi connectivity index (χ3v) is 5.95. The van der Waals surface area contributed by atoms with Crippen LogP contribution in [0.2, 0.25) is 0 Å². The van der Waals surface area contributed by atoms with Crippen LogP contribution in [-0.2, 0) is 25.0 Å². The maximum atomic E-state index is 12.8. The van der Waals surface area contributed by atoms with Gasteiger partial charge in [0.15, 0.2) is 6.04 Å². The zero-order chi connectivity index (χ0) is 24.6. The molecule has 1 unspecified atom stereocenters. The molecule has 1 aliphatic rings. The quantitative estimate of drug-likeness (QED) is 0.184. The number of carbonyl (C=O) groups is 1. The molecule has 0 fully saturated rings. The molecule has 0 saturated carbocycles. The third-order valence-electron chi connectivity index (χ3n) is 4.24. The fourth-order valence-electron chi connectivity index (χ4n) is 2.81. The van der Waals surface area contributed by atoms with Gasteiger partial charge in [-0.15, -0.1) is 0 Å². The molecule has 0 bridgehead atoms. The largest absolute Gasteiger partial charge is 2.00 e. The third kappa shape index (κ3) is 6.44. The van der Waals surface area contributed by atoms with Gasteiger partial charge in [-0.05, 0) is 56.1 Å². The summed E-state index contributed by atoms with van der Waals surface area (Å²) in [5.74, 6) is -1.34. The van der Waals surface area contributed by atoms with E-state index >= 15 is 0 Å². The van der Waals surface area contributed by atoms with Crippen molar-refractivity contribution >= 4 is 92.6 Å². The van der Waals surface area contributed by atoms with E-state index in [9.17, 15) is 35.8 Å². The average molecular weight is 534 g/mol. The summed E-state index contributed by atoms with van der Waals surface area (Å²) in [6.07, 6.45) is 0. The van der Waals surface area contributed by atoms with Crippen molar-refractivity contribution in [1.82, 2.24) is 0 Å². The monoisotopic (exact) mass is 533 g/mol. The van der Waals surface area contributed by atoms with Gasteiger partial charge in [0.2, 0.25) is 0 Å². The molecule has 13 nitrogen and oxygen atoms in total. The first kappa shape index (κ1) is 28.0. The molecule has 1 aliphatic heterocycles. The zero-order valence-corrected chi connectivity index (χ0v) is 21.5. The second-order valence-corrected chi connectivity index (χ2v) is 9.49. The molecular weight excluding hydrogens is 518 g/mol. The number of rotatable bonds is 6. The van der Waals surface area contributed by atoms with Gasteiger partial charge in [-0.3, -0.25) is 14.3 Å². The summed E-state index contributed by atoms with van der Waals surface area (Å²) >= 11 is 0. The second-order valence-electron chi connectivity index (χ2n) is 6.72. The SMILES string of the molecule is CC([O-])=Nc1ccc(N=NC2C(=O)N(c3cccc(S(=O)(=O)[O-])c3)N=C2C)c(S(=O)(=O)O)c1.[Ca+2]. The number of amides is 1. The van der Waals surface area contributed by atoms with Crippen LogP contribution >= 0.6 is 0 Å². The molecule has 34 heavy (non-hydrogen) atoms. The normalized spacial score (nSPS) is 17.1. The van der Waals surface area contributed by atoms with E-state index in [1.807, 2.05) is 0 Å². The van der Waals surface area contributed by atoms with Crippen LogP contribution in [0.5, 0.6) is 0 Å². The van der Waals surface area contributed by atoms with Gasteiger partial charge in [0, 0.05) is 0 Å². The molecule has 1 N–H and O–H groups in total. The number of benzene rings is 2. The fourth-order valence-corrected chi connectivity index (χ4v) is 3.96. The summed E-state index contributed by atoms with van der Waals surface area (Å²) < 4.78 is 66.6. The van der Waals surface area contributed by atoms with Crippen LogP contribution < -0.4 is 10.1 Å². The van der Waals surface area contributed by atoms with E-state index in [-0.39, 0.29) is 60.5 Å². The van der Waals surface area contributed by atoms with Gasteiger partial charge in [-0.2, -0.15) is 28.8 Å². The van der Waals surface area contributed by atoms with Crippen LogP contribution in [0, 0.1) is 0 Å². The molecule has 0 spiro atoms. The van der Waals surface area contributed by atoms with E-state index in [2.05, 4.69) is 20.3 Å². The summed E-state index contributed by atoms with van der Waals surface area (Å²) in [5, 5.41) is 23.5. The molecule has 1 amide bonds. The Labute approximate surface area is 224 Å². The van der Waals surface area contributed by atoms with Crippen molar-refractivity contribution in [2.24, 2.45) is 20.3 Å². The van der Waals surface area contributed by atoms with Crippen LogP contribution in [0.4, 0.5) is 17.1 Å². The minimum atomic E-state index is -4.77. The van der Waals surface area contributed by atoms with E-state index in [0.717, 1.165) is 36.2 Å². The number of carbonyl (C=O) groups excluding carboxylic acids is 1. The number of hydrazone groups is 1. The number of azo groups is 1. The fraction of sp³-hybridized carbons (Fsp3) is 0.167. The molecule has 0 saturated heterocycles. The van der Waals surface area contributed by atoms with Gasteiger partial charge in [-0.25, -0.2) is 8.42 Å². The van der Waals surface area contributed by atoms with Crippen molar-refractivity contribution in [3.63, 3.8) is 0 Å². The van der Waals surface area contributed by atoms with E-state index in [1.165, 1.54) is 25.1 Å². The Morgan fingerprint density at radius 2 is 1.82 bits per heavy atom. The van der Waals surface area contributed by atoms with Crippen molar-refractivity contribution in [2.75, 3.05) is 5.01 Å². The van der Waals surface area contributed by atoms with E-state index < -0.39 is 47.9 Å². The van der Waals surface area contributed by atoms with E-state index in [4.69, 9.17) is 0 Å². The Balaban J connectivity index is 0.00000408. The van der Waals surface area contributed by atoms with Crippen molar-refractivity contribution in [3.05, 3.63) is 42.5 Å². The van der Waals surface area contributed by atoms with Crippen LogP contribution in [0.25, 0.3) is 0 Å². The smallest absolute Gasteiger partial charge is 0.862 e. The first-order chi connectivity index (χ1) is 15.3. The van der Waals surface area contributed by atoms with Gasteiger partial charge in [0.05, 0.1) is 22.0 Å². The molecule has 2 aromatic carbocycles. The average Bonchev–Trinajstić information content (AvgIpc) is 2.99. The molecule has 16 heteroatoms.